The van der Waals surface area contributed by atoms with E-state index in [0.29, 0.717) is 0 Å². The summed E-state index contributed by atoms with van der Waals surface area (Å²) < 4.78 is 1.01. The van der Waals surface area contributed by atoms with Gasteiger partial charge in [0.05, 0.1) is 6.04 Å². The van der Waals surface area contributed by atoms with Crippen molar-refractivity contribution >= 4 is 27.5 Å². The van der Waals surface area contributed by atoms with Gasteiger partial charge in [-0.25, -0.2) is 0 Å². The van der Waals surface area contributed by atoms with Gasteiger partial charge in [-0.2, -0.15) is 0 Å². The Balaban J connectivity index is 2.40. The molecule has 0 fully saturated rings. The minimum atomic E-state index is 0.132. The third kappa shape index (κ3) is 4.32. The molecule has 1 nitrogen and oxygen atoms in total. The molecule has 1 atom stereocenters. The molecule has 1 unspecified atom stereocenters. The van der Waals surface area contributed by atoms with Crippen molar-refractivity contribution in [3.63, 3.8) is 0 Å². The zero-order valence-corrected chi connectivity index (χ0v) is 14.8. The first-order chi connectivity index (χ1) is 10.2. The highest BCUT2D eigenvalue weighted by molar-refractivity contribution is 9.10. The lowest BCUT2D eigenvalue weighted by molar-refractivity contribution is 0.630. The Kier molecular flexibility index (Phi) is 6.28. The molecular weight excluding hydrogens is 346 g/mol. The van der Waals surface area contributed by atoms with Crippen LogP contribution in [0.3, 0.4) is 0 Å². The average Bonchev–Trinajstić information content (AvgIpc) is 2.46. The summed E-state index contributed by atoms with van der Waals surface area (Å²) in [5.41, 5.74) is 3.77. The van der Waals surface area contributed by atoms with Crippen LogP contribution >= 0.6 is 27.5 Å². The Bertz CT molecular complexity index is 598. The number of rotatable bonds is 6. The molecular formula is C18H21BrClN. The molecule has 1 N–H and O–H groups in total. The van der Waals surface area contributed by atoms with Crippen LogP contribution < -0.4 is 5.32 Å². The summed E-state index contributed by atoms with van der Waals surface area (Å²) in [6.07, 6.45) is 2.27. The van der Waals surface area contributed by atoms with Gasteiger partial charge in [0.1, 0.15) is 0 Å². The number of hydrogen-bond acceptors (Lipinski definition) is 1. The van der Waals surface area contributed by atoms with Gasteiger partial charge in [-0.3, -0.25) is 0 Å². The average molecular weight is 367 g/mol. The second-order valence-corrected chi connectivity index (χ2v) is 6.47. The monoisotopic (exact) mass is 365 g/mol. The molecule has 0 spiro atoms. The lowest BCUT2D eigenvalue weighted by Crippen LogP contribution is -2.22. The molecule has 21 heavy (non-hydrogen) atoms. The Labute approximate surface area is 140 Å². The van der Waals surface area contributed by atoms with Crippen molar-refractivity contribution < 1.29 is 0 Å². The summed E-state index contributed by atoms with van der Waals surface area (Å²) in [6.45, 7) is 5.23. The highest BCUT2D eigenvalue weighted by Crippen LogP contribution is 2.31. The normalized spacial score (nSPS) is 12.4. The van der Waals surface area contributed by atoms with E-state index in [1.165, 1.54) is 11.1 Å². The number of halogens is 2. The zero-order valence-electron chi connectivity index (χ0n) is 12.5. The number of benzene rings is 2. The third-order valence-electron chi connectivity index (χ3n) is 3.50. The molecule has 112 valence electrons. The Morgan fingerprint density at radius 2 is 1.95 bits per heavy atom. The van der Waals surface area contributed by atoms with Crippen LogP contribution in [0.15, 0.2) is 46.9 Å². The summed E-state index contributed by atoms with van der Waals surface area (Å²) in [6, 6.07) is 15.0. The van der Waals surface area contributed by atoms with Gasteiger partial charge < -0.3 is 5.32 Å². The van der Waals surface area contributed by atoms with E-state index in [1.807, 2.05) is 12.1 Å². The quantitative estimate of drug-likeness (QED) is 0.686. The molecule has 2 aromatic carbocycles. The van der Waals surface area contributed by atoms with Gasteiger partial charge in [0.15, 0.2) is 0 Å². The molecule has 0 aliphatic heterocycles. The predicted octanol–water partition coefficient (Wildman–Crippen LogP) is 5.75. The van der Waals surface area contributed by atoms with Gasteiger partial charge in [0.2, 0.25) is 0 Å². The van der Waals surface area contributed by atoms with Crippen LogP contribution in [-0.2, 0) is 6.42 Å². The Morgan fingerprint density at radius 1 is 1.14 bits per heavy atom. The first-order valence-electron chi connectivity index (χ1n) is 7.42. The van der Waals surface area contributed by atoms with Crippen LogP contribution in [0.1, 0.15) is 43.0 Å². The van der Waals surface area contributed by atoms with Crippen LogP contribution in [0.2, 0.25) is 5.02 Å². The summed E-state index contributed by atoms with van der Waals surface area (Å²) in [5.74, 6) is 0. The van der Waals surface area contributed by atoms with Crippen molar-refractivity contribution in [2.24, 2.45) is 0 Å². The number of aryl methyl sites for hydroxylation is 1. The second-order valence-electron chi connectivity index (χ2n) is 5.15. The van der Waals surface area contributed by atoms with E-state index in [1.54, 1.807) is 0 Å². The van der Waals surface area contributed by atoms with E-state index in [9.17, 15) is 0 Å². The van der Waals surface area contributed by atoms with E-state index < -0.39 is 0 Å². The van der Waals surface area contributed by atoms with E-state index >= 15 is 0 Å². The van der Waals surface area contributed by atoms with Gasteiger partial charge in [-0.15, -0.1) is 0 Å². The first-order valence-corrected chi connectivity index (χ1v) is 8.60. The molecule has 0 aromatic heterocycles. The standard InChI is InChI=1S/C18H21BrClN/c1-3-6-13-7-5-8-14(11-13)18(21-4-2)16-10-9-15(19)12-17(16)20/h5,7-12,18,21H,3-4,6H2,1-2H3. The van der Waals surface area contributed by atoms with Crippen molar-refractivity contribution in [2.75, 3.05) is 6.54 Å². The molecule has 0 heterocycles. The van der Waals surface area contributed by atoms with Crippen molar-refractivity contribution in [2.45, 2.75) is 32.7 Å². The minimum Gasteiger partial charge on any atom is -0.306 e. The smallest absolute Gasteiger partial charge is 0.0591 e. The summed E-state index contributed by atoms with van der Waals surface area (Å²) in [4.78, 5) is 0. The van der Waals surface area contributed by atoms with E-state index in [-0.39, 0.29) is 6.04 Å². The highest BCUT2D eigenvalue weighted by atomic mass is 79.9. The van der Waals surface area contributed by atoms with Crippen molar-refractivity contribution in [3.05, 3.63) is 68.7 Å². The fourth-order valence-electron chi connectivity index (χ4n) is 2.56. The Morgan fingerprint density at radius 3 is 2.62 bits per heavy atom. The van der Waals surface area contributed by atoms with Gasteiger partial charge in [0, 0.05) is 9.50 Å². The van der Waals surface area contributed by atoms with E-state index in [0.717, 1.165) is 34.4 Å². The summed E-state index contributed by atoms with van der Waals surface area (Å²) >= 11 is 9.91. The SMILES string of the molecule is CCCc1cccc(C(NCC)c2ccc(Br)cc2Cl)c1. The van der Waals surface area contributed by atoms with Crippen LogP contribution in [0.4, 0.5) is 0 Å². The molecule has 0 aliphatic carbocycles. The van der Waals surface area contributed by atoms with Crippen LogP contribution in [-0.4, -0.2) is 6.54 Å². The molecule has 2 aromatic rings. The van der Waals surface area contributed by atoms with Gasteiger partial charge in [0.25, 0.3) is 0 Å². The van der Waals surface area contributed by atoms with Gasteiger partial charge in [-0.05, 0) is 41.8 Å². The fraction of sp³-hybridized carbons (Fsp3) is 0.333. The zero-order chi connectivity index (χ0) is 15.2. The lowest BCUT2D eigenvalue weighted by atomic mass is 9.96. The summed E-state index contributed by atoms with van der Waals surface area (Å²) in [7, 11) is 0. The third-order valence-corrected chi connectivity index (χ3v) is 4.33. The summed E-state index contributed by atoms with van der Waals surface area (Å²) in [5, 5.41) is 4.33. The van der Waals surface area contributed by atoms with Crippen LogP contribution in [0.5, 0.6) is 0 Å². The van der Waals surface area contributed by atoms with Gasteiger partial charge in [-0.1, -0.05) is 78.1 Å². The largest absolute Gasteiger partial charge is 0.306 e. The second kappa shape index (κ2) is 7.98. The van der Waals surface area contributed by atoms with Crippen LogP contribution in [0.25, 0.3) is 0 Å². The first kappa shape index (κ1) is 16.5. The van der Waals surface area contributed by atoms with E-state index in [2.05, 4.69) is 65.4 Å². The van der Waals surface area contributed by atoms with E-state index in [4.69, 9.17) is 11.6 Å². The fourth-order valence-corrected chi connectivity index (χ4v) is 3.35. The maximum Gasteiger partial charge on any atom is 0.0591 e. The molecule has 0 aliphatic rings. The molecule has 0 amide bonds. The van der Waals surface area contributed by atoms with Crippen molar-refractivity contribution in [1.29, 1.82) is 0 Å². The van der Waals surface area contributed by atoms with Crippen LogP contribution in [0, 0.1) is 0 Å². The molecule has 0 radical (unpaired) electrons. The van der Waals surface area contributed by atoms with Crippen molar-refractivity contribution in [3.8, 4) is 0 Å². The van der Waals surface area contributed by atoms with Crippen molar-refractivity contribution in [1.82, 2.24) is 5.32 Å². The number of hydrogen-bond donors (Lipinski definition) is 1. The molecule has 0 saturated carbocycles. The maximum atomic E-state index is 6.44. The minimum absolute atomic E-state index is 0.132. The van der Waals surface area contributed by atoms with Gasteiger partial charge >= 0.3 is 0 Å². The topological polar surface area (TPSA) is 12.0 Å². The Hall–Kier alpha value is -0.830. The molecule has 0 bridgehead atoms. The maximum absolute atomic E-state index is 6.44. The molecule has 0 saturated heterocycles. The molecule has 3 heteroatoms. The lowest BCUT2D eigenvalue weighted by Gasteiger charge is -2.21. The highest BCUT2D eigenvalue weighted by Gasteiger charge is 2.16. The molecule has 2 rings (SSSR count). The number of nitrogens with one attached hydrogen (secondary N) is 1. The predicted molar refractivity (Wildman–Crippen MR) is 95.1 cm³/mol.